The van der Waals surface area contributed by atoms with Gasteiger partial charge in [-0.05, 0) is 31.0 Å². The third-order valence-corrected chi connectivity index (χ3v) is 3.61. The minimum Gasteiger partial charge on any atom is -0.491 e. The second-order valence-corrected chi connectivity index (χ2v) is 4.81. The van der Waals surface area contributed by atoms with Crippen molar-refractivity contribution in [3.05, 3.63) is 29.3 Å². The van der Waals surface area contributed by atoms with E-state index in [0.717, 1.165) is 25.0 Å². The van der Waals surface area contributed by atoms with Crippen LogP contribution >= 0.6 is 0 Å². The van der Waals surface area contributed by atoms with Crippen LogP contribution in [0.4, 0.5) is 13.2 Å². The number of halogens is 3. The van der Waals surface area contributed by atoms with E-state index in [-0.39, 0.29) is 29.9 Å². The summed E-state index contributed by atoms with van der Waals surface area (Å²) in [6, 6.07) is 3.03. The van der Waals surface area contributed by atoms with Crippen molar-refractivity contribution in [2.24, 2.45) is 0 Å². The molecule has 0 spiro atoms. The van der Waals surface area contributed by atoms with Crippen molar-refractivity contribution in [2.75, 3.05) is 13.2 Å². The van der Waals surface area contributed by atoms with E-state index in [2.05, 4.69) is 0 Å². The Bertz CT molecular complexity index is 527. The lowest BCUT2D eigenvalue weighted by atomic mass is 10.1. The number of rotatable bonds is 0. The number of fused-ring (bicyclic) bond motifs is 2. The van der Waals surface area contributed by atoms with Crippen LogP contribution in [-0.2, 0) is 6.18 Å². The molecule has 1 fully saturated rings. The highest BCUT2D eigenvalue weighted by Crippen LogP contribution is 2.35. The average molecular weight is 271 g/mol. The fourth-order valence-electron chi connectivity index (χ4n) is 2.61. The zero-order valence-electron chi connectivity index (χ0n) is 10.0. The van der Waals surface area contributed by atoms with E-state index in [4.69, 9.17) is 4.74 Å². The summed E-state index contributed by atoms with van der Waals surface area (Å²) < 4.78 is 43.3. The molecule has 2 aliphatic heterocycles. The average Bonchev–Trinajstić information content (AvgIpc) is 2.78. The lowest BCUT2D eigenvalue weighted by Crippen LogP contribution is -2.36. The molecule has 1 aromatic carbocycles. The summed E-state index contributed by atoms with van der Waals surface area (Å²) in [5.74, 6) is -0.196. The topological polar surface area (TPSA) is 29.5 Å². The van der Waals surface area contributed by atoms with Gasteiger partial charge in [-0.2, -0.15) is 13.2 Å². The summed E-state index contributed by atoms with van der Waals surface area (Å²) in [5, 5.41) is 0. The van der Waals surface area contributed by atoms with Crippen LogP contribution in [0.3, 0.4) is 0 Å². The molecule has 1 atom stereocenters. The molecule has 1 amide bonds. The molecule has 3 nitrogen and oxygen atoms in total. The van der Waals surface area contributed by atoms with Crippen molar-refractivity contribution in [1.29, 1.82) is 0 Å². The molecule has 0 aliphatic carbocycles. The molecule has 102 valence electrons. The third-order valence-electron chi connectivity index (χ3n) is 3.61. The van der Waals surface area contributed by atoms with Crippen LogP contribution in [0, 0.1) is 0 Å². The van der Waals surface area contributed by atoms with E-state index in [1.165, 1.54) is 6.07 Å². The number of ether oxygens (including phenoxy) is 1. The second-order valence-electron chi connectivity index (χ2n) is 4.81. The summed E-state index contributed by atoms with van der Waals surface area (Å²) in [7, 11) is 0. The van der Waals surface area contributed by atoms with Gasteiger partial charge in [0.05, 0.1) is 17.2 Å². The van der Waals surface area contributed by atoms with E-state index in [1.807, 2.05) is 0 Å². The van der Waals surface area contributed by atoms with Gasteiger partial charge >= 0.3 is 6.18 Å². The number of nitrogens with zero attached hydrogens (tertiary/aromatic N) is 1. The summed E-state index contributed by atoms with van der Waals surface area (Å²) >= 11 is 0. The monoisotopic (exact) mass is 271 g/mol. The van der Waals surface area contributed by atoms with Gasteiger partial charge in [-0.25, -0.2) is 0 Å². The van der Waals surface area contributed by atoms with Crippen LogP contribution in [0.5, 0.6) is 5.75 Å². The molecule has 0 saturated carbocycles. The first-order valence-corrected chi connectivity index (χ1v) is 6.12. The predicted molar refractivity (Wildman–Crippen MR) is 61.0 cm³/mol. The molecule has 1 saturated heterocycles. The van der Waals surface area contributed by atoms with Crippen molar-refractivity contribution in [1.82, 2.24) is 4.90 Å². The molecule has 2 heterocycles. The van der Waals surface area contributed by atoms with Crippen LogP contribution < -0.4 is 4.74 Å². The maximum atomic E-state index is 12.6. The molecule has 0 aromatic heterocycles. The van der Waals surface area contributed by atoms with Crippen molar-refractivity contribution >= 4 is 5.91 Å². The SMILES string of the molecule is O=C1c2ccc(C(F)(F)F)cc2OC[C@@H]2CCCN12. The Kier molecular flexibility index (Phi) is 2.69. The van der Waals surface area contributed by atoms with E-state index in [9.17, 15) is 18.0 Å². The Balaban J connectivity index is 2.01. The van der Waals surface area contributed by atoms with E-state index in [0.29, 0.717) is 6.54 Å². The molecular formula is C13H12F3NO2. The lowest BCUT2D eigenvalue weighted by molar-refractivity contribution is -0.137. The van der Waals surface area contributed by atoms with Gasteiger partial charge in [-0.15, -0.1) is 0 Å². The molecule has 6 heteroatoms. The van der Waals surface area contributed by atoms with E-state index < -0.39 is 11.7 Å². The first-order valence-electron chi connectivity index (χ1n) is 6.12. The largest absolute Gasteiger partial charge is 0.491 e. The highest BCUT2D eigenvalue weighted by Gasteiger charge is 2.36. The normalized spacial score (nSPS) is 22.6. The third kappa shape index (κ3) is 2.05. The van der Waals surface area contributed by atoms with Crippen molar-refractivity contribution in [3.8, 4) is 5.75 Å². The van der Waals surface area contributed by atoms with Crippen LogP contribution in [0.1, 0.15) is 28.8 Å². The number of benzene rings is 1. The zero-order valence-corrected chi connectivity index (χ0v) is 10.0. The fraction of sp³-hybridized carbons (Fsp3) is 0.462. The van der Waals surface area contributed by atoms with Crippen LogP contribution in [0.2, 0.25) is 0 Å². The van der Waals surface area contributed by atoms with Crippen molar-refractivity contribution in [2.45, 2.75) is 25.1 Å². The Morgan fingerprint density at radius 1 is 1.32 bits per heavy atom. The number of carbonyl (C=O) groups is 1. The predicted octanol–water partition coefficient (Wildman–Crippen LogP) is 2.70. The first kappa shape index (κ1) is 12.3. The molecule has 0 radical (unpaired) electrons. The Labute approximate surface area is 108 Å². The molecular weight excluding hydrogens is 259 g/mol. The number of alkyl halides is 3. The lowest BCUT2D eigenvalue weighted by Gasteiger charge is -2.20. The summed E-state index contributed by atoms with van der Waals surface area (Å²) in [6.07, 6.45) is -2.68. The number of amides is 1. The van der Waals surface area contributed by atoms with E-state index >= 15 is 0 Å². The quantitative estimate of drug-likeness (QED) is 0.726. The van der Waals surface area contributed by atoms with Gasteiger partial charge in [0.2, 0.25) is 0 Å². The van der Waals surface area contributed by atoms with Gasteiger partial charge < -0.3 is 9.64 Å². The molecule has 0 unspecified atom stereocenters. The zero-order chi connectivity index (χ0) is 13.6. The van der Waals surface area contributed by atoms with Gasteiger partial charge in [0, 0.05) is 6.54 Å². The summed E-state index contributed by atoms with van der Waals surface area (Å²) in [6.45, 7) is 0.910. The molecule has 1 aromatic rings. The van der Waals surface area contributed by atoms with Crippen LogP contribution in [0.25, 0.3) is 0 Å². The number of hydrogen-bond acceptors (Lipinski definition) is 2. The van der Waals surface area contributed by atoms with Crippen molar-refractivity contribution in [3.63, 3.8) is 0 Å². The van der Waals surface area contributed by atoms with Gasteiger partial charge in [0.25, 0.3) is 5.91 Å². The Morgan fingerprint density at radius 3 is 2.84 bits per heavy atom. The standard InChI is InChI=1S/C13H12F3NO2/c14-13(15,16)8-3-4-10-11(6-8)19-7-9-2-1-5-17(9)12(10)18/h3-4,6,9H,1-2,5,7H2/t9-/m0/s1. The minimum atomic E-state index is -4.43. The van der Waals surface area contributed by atoms with Crippen molar-refractivity contribution < 1.29 is 22.7 Å². The Morgan fingerprint density at radius 2 is 2.11 bits per heavy atom. The molecule has 2 aliphatic rings. The fourth-order valence-corrected chi connectivity index (χ4v) is 2.61. The van der Waals surface area contributed by atoms with Gasteiger partial charge in [0.15, 0.2) is 0 Å². The molecule has 19 heavy (non-hydrogen) atoms. The maximum absolute atomic E-state index is 12.6. The highest BCUT2D eigenvalue weighted by molar-refractivity contribution is 5.97. The van der Waals surface area contributed by atoms with E-state index in [1.54, 1.807) is 4.90 Å². The van der Waals surface area contributed by atoms with Gasteiger partial charge in [-0.1, -0.05) is 0 Å². The van der Waals surface area contributed by atoms with Gasteiger partial charge in [0.1, 0.15) is 12.4 Å². The summed E-state index contributed by atoms with van der Waals surface area (Å²) in [4.78, 5) is 13.9. The molecule has 3 rings (SSSR count). The number of hydrogen-bond donors (Lipinski definition) is 0. The smallest absolute Gasteiger partial charge is 0.416 e. The maximum Gasteiger partial charge on any atom is 0.416 e. The first-order chi connectivity index (χ1) is 8.97. The second kappa shape index (κ2) is 4.15. The number of carbonyl (C=O) groups excluding carboxylic acids is 1. The van der Waals surface area contributed by atoms with Crippen LogP contribution in [-0.4, -0.2) is 30.0 Å². The highest BCUT2D eigenvalue weighted by atomic mass is 19.4. The van der Waals surface area contributed by atoms with Gasteiger partial charge in [-0.3, -0.25) is 4.79 Å². The molecule has 0 bridgehead atoms. The summed E-state index contributed by atoms with van der Waals surface area (Å²) in [5.41, 5.74) is -0.571. The van der Waals surface area contributed by atoms with Crippen LogP contribution in [0.15, 0.2) is 18.2 Å². The molecule has 0 N–H and O–H groups in total. The minimum absolute atomic E-state index is 0.0192. The Hall–Kier alpha value is -1.72.